The molecule has 0 saturated heterocycles. The number of aromatic nitrogens is 1. The summed E-state index contributed by atoms with van der Waals surface area (Å²) in [5.74, 6) is 0. The third-order valence-electron chi connectivity index (χ3n) is 2.01. The Morgan fingerprint density at radius 1 is 1.50 bits per heavy atom. The standard InChI is InChI=1S/C9H9NOS/c1-6-8-7(3-4-12-8)5-10(2)9(6)11/h3-5H,1-2H3. The van der Waals surface area contributed by atoms with Gasteiger partial charge in [0.15, 0.2) is 0 Å². The van der Waals surface area contributed by atoms with Crippen molar-refractivity contribution in [2.75, 3.05) is 0 Å². The summed E-state index contributed by atoms with van der Waals surface area (Å²) in [5, 5.41) is 3.16. The third-order valence-corrected chi connectivity index (χ3v) is 3.06. The summed E-state index contributed by atoms with van der Waals surface area (Å²) >= 11 is 1.62. The van der Waals surface area contributed by atoms with Crippen LogP contribution in [0.2, 0.25) is 0 Å². The first kappa shape index (κ1) is 7.55. The molecule has 0 aliphatic heterocycles. The second-order valence-electron chi connectivity index (χ2n) is 2.88. The Morgan fingerprint density at radius 3 is 3.00 bits per heavy atom. The van der Waals surface area contributed by atoms with Gasteiger partial charge in [0.2, 0.25) is 0 Å². The Morgan fingerprint density at radius 2 is 2.25 bits per heavy atom. The molecule has 0 fully saturated rings. The summed E-state index contributed by atoms with van der Waals surface area (Å²) in [6.45, 7) is 1.88. The van der Waals surface area contributed by atoms with Crippen molar-refractivity contribution in [1.29, 1.82) is 0 Å². The van der Waals surface area contributed by atoms with Gasteiger partial charge in [0.1, 0.15) is 0 Å². The van der Waals surface area contributed by atoms with Crippen LogP contribution in [-0.2, 0) is 7.05 Å². The average Bonchev–Trinajstić information content (AvgIpc) is 2.48. The van der Waals surface area contributed by atoms with Crippen molar-refractivity contribution >= 4 is 21.4 Å². The summed E-state index contributed by atoms with van der Waals surface area (Å²) in [6, 6.07) is 2.03. The van der Waals surface area contributed by atoms with Gasteiger partial charge in [-0.15, -0.1) is 11.3 Å². The topological polar surface area (TPSA) is 22.0 Å². The molecule has 0 spiro atoms. The van der Waals surface area contributed by atoms with Gasteiger partial charge in [-0.2, -0.15) is 0 Å². The monoisotopic (exact) mass is 179 g/mol. The Labute approximate surface area is 74.1 Å². The molecular formula is C9H9NOS. The summed E-state index contributed by atoms with van der Waals surface area (Å²) in [5.41, 5.74) is 0.954. The molecule has 2 aromatic heterocycles. The second-order valence-corrected chi connectivity index (χ2v) is 3.79. The lowest BCUT2D eigenvalue weighted by Gasteiger charge is -1.99. The third kappa shape index (κ3) is 0.898. The SMILES string of the molecule is Cc1c(=O)n(C)cc2ccsc12. The van der Waals surface area contributed by atoms with Gasteiger partial charge in [-0.25, -0.2) is 0 Å². The fourth-order valence-electron chi connectivity index (χ4n) is 1.35. The molecule has 0 bridgehead atoms. The zero-order valence-electron chi connectivity index (χ0n) is 7.00. The molecule has 0 N–H and O–H groups in total. The predicted octanol–water partition coefficient (Wildman–Crippen LogP) is 1.91. The molecule has 0 atom stereocenters. The van der Waals surface area contributed by atoms with Gasteiger partial charge in [0.05, 0.1) is 0 Å². The fraction of sp³-hybridized carbons (Fsp3) is 0.222. The van der Waals surface area contributed by atoms with Gasteiger partial charge in [-0.3, -0.25) is 4.79 Å². The van der Waals surface area contributed by atoms with Crippen molar-refractivity contribution in [3.05, 3.63) is 33.6 Å². The Balaban J connectivity index is 3.05. The number of aryl methyl sites for hydroxylation is 2. The molecule has 0 aliphatic rings. The number of pyridine rings is 1. The number of fused-ring (bicyclic) bond motifs is 1. The highest BCUT2D eigenvalue weighted by atomic mass is 32.1. The molecule has 0 aromatic carbocycles. The first-order chi connectivity index (χ1) is 5.70. The van der Waals surface area contributed by atoms with Crippen molar-refractivity contribution in [3.63, 3.8) is 0 Å². The number of nitrogens with zero attached hydrogens (tertiary/aromatic N) is 1. The van der Waals surface area contributed by atoms with Gasteiger partial charge >= 0.3 is 0 Å². The molecule has 62 valence electrons. The van der Waals surface area contributed by atoms with E-state index >= 15 is 0 Å². The van der Waals surface area contributed by atoms with Gasteiger partial charge in [0.25, 0.3) is 5.56 Å². The number of thiophene rings is 1. The number of hydrogen-bond acceptors (Lipinski definition) is 2. The molecule has 0 radical (unpaired) electrons. The maximum atomic E-state index is 11.5. The summed E-state index contributed by atoms with van der Waals surface area (Å²) in [7, 11) is 1.78. The molecular weight excluding hydrogens is 170 g/mol. The second kappa shape index (κ2) is 2.45. The maximum Gasteiger partial charge on any atom is 0.254 e. The summed E-state index contributed by atoms with van der Waals surface area (Å²) in [6.07, 6.45) is 1.88. The van der Waals surface area contributed by atoms with Crippen LogP contribution in [-0.4, -0.2) is 4.57 Å². The highest BCUT2D eigenvalue weighted by Gasteiger charge is 2.03. The zero-order chi connectivity index (χ0) is 8.72. The van der Waals surface area contributed by atoms with E-state index in [1.165, 1.54) is 0 Å². The molecule has 2 nitrogen and oxygen atoms in total. The average molecular weight is 179 g/mol. The quantitative estimate of drug-likeness (QED) is 0.605. The molecule has 2 rings (SSSR count). The van der Waals surface area contributed by atoms with Crippen LogP contribution in [0, 0.1) is 6.92 Å². The van der Waals surface area contributed by atoms with E-state index in [0.717, 1.165) is 15.6 Å². The Bertz CT molecular complexity index is 481. The van der Waals surface area contributed by atoms with Crippen LogP contribution in [0.1, 0.15) is 5.56 Å². The lowest BCUT2D eigenvalue weighted by molar-refractivity contribution is 0.861. The number of rotatable bonds is 0. The van der Waals surface area contributed by atoms with E-state index in [0.29, 0.717) is 0 Å². The highest BCUT2D eigenvalue weighted by molar-refractivity contribution is 7.17. The maximum absolute atomic E-state index is 11.5. The van der Waals surface area contributed by atoms with E-state index in [9.17, 15) is 4.79 Å². The van der Waals surface area contributed by atoms with Crippen molar-refractivity contribution < 1.29 is 0 Å². The van der Waals surface area contributed by atoms with E-state index in [1.54, 1.807) is 23.0 Å². The normalized spacial score (nSPS) is 10.8. The molecule has 2 aromatic rings. The van der Waals surface area contributed by atoms with Crippen molar-refractivity contribution in [2.24, 2.45) is 7.05 Å². The largest absolute Gasteiger partial charge is 0.318 e. The van der Waals surface area contributed by atoms with E-state index in [4.69, 9.17) is 0 Å². The van der Waals surface area contributed by atoms with E-state index in [-0.39, 0.29) is 5.56 Å². The predicted molar refractivity (Wildman–Crippen MR) is 51.8 cm³/mol. The number of hydrogen-bond donors (Lipinski definition) is 0. The first-order valence-electron chi connectivity index (χ1n) is 3.73. The minimum absolute atomic E-state index is 0.102. The molecule has 12 heavy (non-hydrogen) atoms. The summed E-state index contributed by atoms with van der Waals surface area (Å²) < 4.78 is 2.74. The van der Waals surface area contributed by atoms with E-state index < -0.39 is 0 Å². The Kier molecular flexibility index (Phi) is 1.54. The van der Waals surface area contributed by atoms with Gasteiger partial charge in [0, 0.05) is 28.9 Å². The van der Waals surface area contributed by atoms with Gasteiger partial charge in [-0.05, 0) is 18.4 Å². The fourth-order valence-corrected chi connectivity index (χ4v) is 2.23. The molecule has 0 unspecified atom stereocenters. The van der Waals surface area contributed by atoms with Crippen molar-refractivity contribution in [3.8, 4) is 0 Å². The highest BCUT2D eigenvalue weighted by Crippen LogP contribution is 2.20. The van der Waals surface area contributed by atoms with Crippen LogP contribution in [0.15, 0.2) is 22.4 Å². The zero-order valence-corrected chi connectivity index (χ0v) is 7.81. The van der Waals surface area contributed by atoms with Gasteiger partial charge < -0.3 is 4.57 Å². The minimum Gasteiger partial charge on any atom is -0.318 e. The lowest BCUT2D eigenvalue weighted by atomic mass is 10.2. The van der Waals surface area contributed by atoms with Crippen molar-refractivity contribution in [2.45, 2.75) is 6.92 Å². The summed E-state index contributed by atoms with van der Waals surface area (Å²) in [4.78, 5) is 11.5. The molecule has 0 aliphatic carbocycles. The van der Waals surface area contributed by atoms with Gasteiger partial charge in [-0.1, -0.05) is 0 Å². The van der Waals surface area contributed by atoms with Crippen molar-refractivity contribution in [1.82, 2.24) is 4.57 Å². The van der Waals surface area contributed by atoms with Crippen LogP contribution >= 0.6 is 11.3 Å². The van der Waals surface area contributed by atoms with E-state index in [1.807, 2.05) is 24.6 Å². The molecule has 2 heterocycles. The van der Waals surface area contributed by atoms with Crippen LogP contribution in [0.4, 0.5) is 0 Å². The molecule has 3 heteroatoms. The molecule has 0 saturated carbocycles. The first-order valence-corrected chi connectivity index (χ1v) is 4.61. The van der Waals surface area contributed by atoms with Crippen LogP contribution in [0.5, 0.6) is 0 Å². The van der Waals surface area contributed by atoms with Crippen LogP contribution in [0.25, 0.3) is 10.1 Å². The van der Waals surface area contributed by atoms with Crippen LogP contribution < -0.4 is 5.56 Å². The minimum atomic E-state index is 0.102. The smallest absolute Gasteiger partial charge is 0.254 e. The molecule has 0 amide bonds. The Hall–Kier alpha value is -1.09. The lowest BCUT2D eigenvalue weighted by Crippen LogP contribution is -2.17. The van der Waals surface area contributed by atoms with E-state index in [2.05, 4.69) is 0 Å². The van der Waals surface area contributed by atoms with Crippen LogP contribution in [0.3, 0.4) is 0 Å².